The Kier molecular flexibility index (Phi) is 11.3. The predicted molar refractivity (Wildman–Crippen MR) is 133 cm³/mol. The van der Waals surface area contributed by atoms with E-state index >= 15 is 0 Å². The Morgan fingerprint density at radius 2 is 1.53 bits per heavy atom. The first-order valence-corrected chi connectivity index (χ1v) is 11.9. The van der Waals surface area contributed by atoms with Gasteiger partial charge < -0.3 is 20.1 Å². The summed E-state index contributed by atoms with van der Waals surface area (Å²) in [5.41, 5.74) is 2.53. The lowest BCUT2D eigenvalue weighted by molar-refractivity contribution is -0.147. The number of benzene rings is 2. The number of rotatable bonds is 12. The summed E-state index contributed by atoms with van der Waals surface area (Å²) in [6, 6.07) is 11.8. The molecule has 2 amide bonds. The van der Waals surface area contributed by atoms with Crippen molar-refractivity contribution < 1.29 is 28.7 Å². The van der Waals surface area contributed by atoms with E-state index in [-0.39, 0.29) is 25.2 Å². The first kappa shape index (κ1) is 27.0. The smallest absolute Gasteiger partial charge is 0.338 e. The van der Waals surface area contributed by atoms with E-state index in [1.165, 1.54) is 0 Å². The number of carbonyl (C=O) groups excluding carboxylic acids is 4. The highest BCUT2D eigenvalue weighted by Gasteiger charge is 2.11. The molecule has 2 rings (SSSR count). The van der Waals surface area contributed by atoms with Gasteiger partial charge >= 0.3 is 11.9 Å². The van der Waals surface area contributed by atoms with Crippen molar-refractivity contribution in [2.45, 2.75) is 46.0 Å². The Hall–Kier alpha value is -3.20. The van der Waals surface area contributed by atoms with Gasteiger partial charge in [-0.1, -0.05) is 29.3 Å². The Morgan fingerprint density at radius 3 is 2.21 bits per heavy atom. The fourth-order valence-electron chi connectivity index (χ4n) is 2.84. The van der Waals surface area contributed by atoms with Crippen LogP contribution in [0.1, 0.15) is 54.9 Å². The van der Waals surface area contributed by atoms with Crippen molar-refractivity contribution in [2.24, 2.45) is 0 Å². The molecule has 0 aromatic heterocycles. The lowest BCUT2D eigenvalue weighted by Gasteiger charge is -2.08. The maximum Gasteiger partial charge on any atom is 0.338 e. The number of aryl methyl sites for hydroxylation is 1. The van der Waals surface area contributed by atoms with Gasteiger partial charge in [-0.3, -0.25) is 14.4 Å². The van der Waals surface area contributed by atoms with Crippen LogP contribution in [0, 0.1) is 6.92 Å². The Balaban J connectivity index is 1.64. The number of amides is 2. The van der Waals surface area contributed by atoms with Crippen molar-refractivity contribution in [3.05, 3.63) is 58.1 Å². The molecule has 2 aromatic carbocycles. The average molecular weight is 533 g/mol. The fraction of sp³-hybridized carbons (Fsp3) is 0.360. The van der Waals surface area contributed by atoms with E-state index in [2.05, 4.69) is 26.6 Å². The van der Waals surface area contributed by atoms with Crippen LogP contribution in [0.25, 0.3) is 0 Å². The standard InChI is InChI=1S/C25H29BrN2O6/c1-3-4-14-33-25(32)18-8-10-19(11-9-18)27-22(29)6-5-7-24(31)34-16-23(30)28-20-12-13-21(26)17(2)15-20/h8-13,15H,3-7,14,16H2,1-2H3,(H,27,29)(H,28,30). The highest BCUT2D eigenvalue weighted by atomic mass is 79.9. The number of esters is 2. The quantitative estimate of drug-likeness (QED) is 0.293. The van der Waals surface area contributed by atoms with E-state index < -0.39 is 24.5 Å². The summed E-state index contributed by atoms with van der Waals surface area (Å²) >= 11 is 3.39. The molecular formula is C25H29BrN2O6. The number of halogens is 1. The lowest BCUT2D eigenvalue weighted by atomic mass is 10.2. The highest BCUT2D eigenvalue weighted by Crippen LogP contribution is 2.20. The number of unbranched alkanes of at least 4 members (excludes halogenated alkanes) is 1. The number of nitrogens with one attached hydrogen (secondary N) is 2. The SMILES string of the molecule is CCCCOC(=O)c1ccc(NC(=O)CCCC(=O)OCC(=O)Nc2ccc(Br)c(C)c2)cc1. The minimum absolute atomic E-state index is 0.0145. The largest absolute Gasteiger partial charge is 0.462 e. The summed E-state index contributed by atoms with van der Waals surface area (Å²) in [4.78, 5) is 47.8. The maximum absolute atomic E-state index is 12.1. The van der Waals surface area contributed by atoms with Gasteiger partial charge in [-0.05, 0) is 67.8 Å². The molecule has 0 unspecified atom stereocenters. The van der Waals surface area contributed by atoms with Gasteiger partial charge in [0.05, 0.1) is 12.2 Å². The average Bonchev–Trinajstić information content (AvgIpc) is 2.80. The summed E-state index contributed by atoms with van der Waals surface area (Å²) in [6.45, 7) is 3.90. The van der Waals surface area contributed by atoms with Gasteiger partial charge in [0.1, 0.15) is 0 Å². The number of hydrogen-bond acceptors (Lipinski definition) is 6. The second kappa shape index (κ2) is 14.1. The molecule has 0 aliphatic heterocycles. The van der Waals surface area contributed by atoms with E-state index in [9.17, 15) is 19.2 Å². The molecule has 0 fully saturated rings. The molecule has 2 aromatic rings. The first-order chi connectivity index (χ1) is 16.3. The van der Waals surface area contributed by atoms with Crippen LogP contribution in [0.2, 0.25) is 0 Å². The van der Waals surface area contributed by atoms with Crippen molar-refractivity contribution in [3.8, 4) is 0 Å². The minimum atomic E-state index is -0.555. The van der Waals surface area contributed by atoms with Crippen LogP contribution in [0.5, 0.6) is 0 Å². The van der Waals surface area contributed by atoms with E-state index in [1.54, 1.807) is 36.4 Å². The topological polar surface area (TPSA) is 111 Å². The molecular weight excluding hydrogens is 504 g/mol. The third-order valence-corrected chi connectivity index (χ3v) is 5.62. The minimum Gasteiger partial charge on any atom is -0.462 e. The van der Waals surface area contributed by atoms with Crippen molar-refractivity contribution in [1.82, 2.24) is 0 Å². The second-order valence-electron chi connectivity index (χ2n) is 7.64. The van der Waals surface area contributed by atoms with Crippen molar-refractivity contribution in [2.75, 3.05) is 23.8 Å². The van der Waals surface area contributed by atoms with Crippen LogP contribution >= 0.6 is 15.9 Å². The fourth-order valence-corrected chi connectivity index (χ4v) is 3.08. The third-order valence-electron chi connectivity index (χ3n) is 4.73. The third kappa shape index (κ3) is 9.74. The summed E-state index contributed by atoms with van der Waals surface area (Å²) in [5, 5.41) is 5.37. The van der Waals surface area contributed by atoms with E-state index in [0.717, 1.165) is 22.9 Å². The predicted octanol–water partition coefficient (Wildman–Crippen LogP) is 5.01. The molecule has 9 heteroatoms. The van der Waals surface area contributed by atoms with Crippen LogP contribution in [0.3, 0.4) is 0 Å². The molecule has 8 nitrogen and oxygen atoms in total. The molecule has 0 spiro atoms. The van der Waals surface area contributed by atoms with Gasteiger partial charge in [-0.25, -0.2) is 4.79 Å². The van der Waals surface area contributed by atoms with Crippen LogP contribution in [-0.2, 0) is 23.9 Å². The van der Waals surface area contributed by atoms with Gasteiger partial charge in [-0.2, -0.15) is 0 Å². The lowest BCUT2D eigenvalue weighted by Crippen LogP contribution is -2.21. The molecule has 2 N–H and O–H groups in total. The van der Waals surface area contributed by atoms with Gasteiger partial charge in [0, 0.05) is 28.7 Å². The van der Waals surface area contributed by atoms with E-state index in [1.807, 2.05) is 19.9 Å². The summed E-state index contributed by atoms with van der Waals surface area (Å²) in [5.74, 6) is -1.66. The molecule has 0 saturated carbocycles. The van der Waals surface area contributed by atoms with Crippen LogP contribution in [-0.4, -0.2) is 37.0 Å². The van der Waals surface area contributed by atoms with Crippen LogP contribution in [0.15, 0.2) is 46.9 Å². The molecule has 182 valence electrons. The molecule has 0 aliphatic rings. The second-order valence-corrected chi connectivity index (χ2v) is 8.50. The number of carbonyl (C=O) groups is 4. The van der Waals surface area contributed by atoms with Crippen LogP contribution < -0.4 is 10.6 Å². The van der Waals surface area contributed by atoms with Gasteiger partial charge in [0.2, 0.25) is 5.91 Å². The zero-order chi connectivity index (χ0) is 24.9. The molecule has 0 heterocycles. The van der Waals surface area contributed by atoms with Crippen molar-refractivity contribution >= 4 is 51.1 Å². The molecule has 34 heavy (non-hydrogen) atoms. The zero-order valence-corrected chi connectivity index (χ0v) is 20.9. The van der Waals surface area contributed by atoms with Crippen molar-refractivity contribution in [1.29, 1.82) is 0 Å². The number of hydrogen-bond donors (Lipinski definition) is 2. The molecule has 0 bridgehead atoms. The highest BCUT2D eigenvalue weighted by molar-refractivity contribution is 9.10. The van der Waals surface area contributed by atoms with Crippen molar-refractivity contribution in [3.63, 3.8) is 0 Å². The number of anilines is 2. The van der Waals surface area contributed by atoms with Gasteiger partial charge in [-0.15, -0.1) is 0 Å². The molecule has 0 aliphatic carbocycles. The molecule has 0 atom stereocenters. The Bertz CT molecular complexity index is 1010. The Morgan fingerprint density at radius 1 is 0.853 bits per heavy atom. The van der Waals surface area contributed by atoms with Gasteiger partial charge in [0.15, 0.2) is 6.61 Å². The zero-order valence-electron chi connectivity index (χ0n) is 19.3. The summed E-state index contributed by atoms with van der Waals surface area (Å²) in [7, 11) is 0. The van der Waals surface area contributed by atoms with Gasteiger partial charge in [0.25, 0.3) is 5.91 Å². The van der Waals surface area contributed by atoms with Crippen LogP contribution in [0.4, 0.5) is 11.4 Å². The number of ether oxygens (including phenoxy) is 2. The maximum atomic E-state index is 12.1. The van der Waals surface area contributed by atoms with E-state index in [0.29, 0.717) is 23.5 Å². The first-order valence-electron chi connectivity index (χ1n) is 11.1. The molecule has 0 radical (unpaired) electrons. The summed E-state index contributed by atoms with van der Waals surface area (Å²) < 4.78 is 11.0. The Labute approximate surface area is 207 Å². The normalized spacial score (nSPS) is 10.3. The van der Waals surface area contributed by atoms with E-state index in [4.69, 9.17) is 9.47 Å². The monoisotopic (exact) mass is 532 g/mol. The molecule has 0 saturated heterocycles. The summed E-state index contributed by atoms with van der Waals surface area (Å²) in [6.07, 6.45) is 2.16.